The summed E-state index contributed by atoms with van der Waals surface area (Å²) in [6.45, 7) is 4.88. The predicted octanol–water partition coefficient (Wildman–Crippen LogP) is 1.87. The molecule has 0 fully saturated rings. The summed E-state index contributed by atoms with van der Waals surface area (Å²) in [6, 6.07) is 3.28. The third-order valence-corrected chi connectivity index (χ3v) is 3.98. The minimum Gasteiger partial charge on any atom is -0.377 e. The van der Waals surface area contributed by atoms with Gasteiger partial charge in [-0.1, -0.05) is 0 Å². The van der Waals surface area contributed by atoms with E-state index in [4.69, 9.17) is 0 Å². The molecular formula is C13H18N4O2S. The van der Waals surface area contributed by atoms with E-state index >= 15 is 0 Å². The molecule has 0 radical (unpaired) electrons. The van der Waals surface area contributed by atoms with Crippen LogP contribution in [0.1, 0.15) is 25.5 Å². The van der Waals surface area contributed by atoms with Gasteiger partial charge in [0.25, 0.3) is 0 Å². The van der Waals surface area contributed by atoms with Crippen LogP contribution in [0.3, 0.4) is 0 Å². The molecule has 2 aromatic rings. The van der Waals surface area contributed by atoms with Gasteiger partial charge in [-0.15, -0.1) is 0 Å². The Kier molecular flexibility index (Phi) is 4.08. The van der Waals surface area contributed by atoms with Crippen LogP contribution < -0.4 is 5.32 Å². The van der Waals surface area contributed by atoms with E-state index in [1.807, 2.05) is 30.9 Å². The van der Waals surface area contributed by atoms with Gasteiger partial charge in [0.15, 0.2) is 14.9 Å². The molecule has 0 bridgehead atoms. The molecule has 0 spiro atoms. The molecule has 0 saturated carbocycles. The summed E-state index contributed by atoms with van der Waals surface area (Å²) in [5, 5.41) is 7.57. The molecule has 7 heteroatoms. The highest BCUT2D eigenvalue weighted by Gasteiger charge is 2.10. The van der Waals surface area contributed by atoms with E-state index in [0.29, 0.717) is 0 Å². The molecule has 0 aliphatic carbocycles. The molecule has 0 amide bonds. The standard InChI is InChI=1S/C13H18N4O2S/c1-4-17-9-11(7-15-17)10(2)16-12-5-6-13(14-8-12)20(3,18)19/h5-10,16H,4H2,1-3H3. The Morgan fingerprint density at radius 2 is 2.10 bits per heavy atom. The van der Waals surface area contributed by atoms with Crippen LogP contribution in [0.15, 0.2) is 35.7 Å². The summed E-state index contributed by atoms with van der Waals surface area (Å²) in [5.41, 5.74) is 1.84. The first-order chi connectivity index (χ1) is 9.40. The highest BCUT2D eigenvalue weighted by molar-refractivity contribution is 7.90. The van der Waals surface area contributed by atoms with Crippen molar-refractivity contribution in [3.05, 3.63) is 36.3 Å². The maximum atomic E-state index is 11.3. The molecule has 0 aliphatic heterocycles. The van der Waals surface area contributed by atoms with Crippen LogP contribution in [0.2, 0.25) is 0 Å². The van der Waals surface area contributed by atoms with Crippen molar-refractivity contribution in [2.75, 3.05) is 11.6 Å². The number of aryl methyl sites for hydroxylation is 1. The van der Waals surface area contributed by atoms with Crippen molar-refractivity contribution in [3.8, 4) is 0 Å². The largest absolute Gasteiger partial charge is 0.377 e. The number of pyridine rings is 1. The van der Waals surface area contributed by atoms with Crippen LogP contribution in [0.4, 0.5) is 5.69 Å². The summed E-state index contributed by atoms with van der Waals surface area (Å²) < 4.78 is 24.5. The van der Waals surface area contributed by atoms with Gasteiger partial charge in [-0.05, 0) is 26.0 Å². The summed E-state index contributed by atoms with van der Waals surface area (Å²) in [7, 11) is -3.25. The number of rotatable bonds is 5. The predicted molar refractivity (Wildman–Crippen MR) is 77.3 cm³/mol. The number of anilines is 1. The molecule has 2 rings (SSSR count). The SMILES string of the molecule is CCn1cc(C(C)Nc2ccc(S(C)(=O)=O)nc2)cn1. The molecule has 0 aromatic carbocycles. The van der Waals surface area contributed by atoms with Gasteiger partial charge in [0.2, 0.25) is 0 Å². The Balaban J connectivity index is 2.10. The molecule has 20 heavy (non-hydrogen) atoms. The zero-order valence-corrected chi connectivity index (χ0v) is 12.6. The van der Waals surface area contributed by atoms with Crippen molar-refractivity contribution in [3.63, 3.8) is 0 Å². The quantitative estimate of drug-likeness (QED) is 0.911. The topological polar surface area (TPSA) is 76.9 Å². The lowest BCUT2D eigenvalue weighted by Crippen LogP contribution is -2.07. The van der Waals surface area contributed by atoms with Crippen molar-refractivity contribution in [1.82, 2.24) is 14.8 Å². The Bertz CT molecular complexity index is 677. The molecular weight excluding hydrogens is 276 g/mol. The fraction of sp³-hybridized carbons (Fsp3) is 0.385. The van der Waals surface area contributed by atoms with Crippen LogP contribution in [-0.4, -0.2) is 29.4 Å². The maximum absolute atomic E-state index is 11.3. The first-order valence-corrected chi connectivity index (χ1v) is 8.24. The minimum absolute atomic E-state index is 0.0705. The fourth-order valence-corrected chi connectivity index (χ4v) is 2.35. The van der Waals surface area contributed by atoms with Crippen molar-refractivity contribution in [1.29, 1.82) is 0 Å². The number of nitrogens with one attached hydrogen (secondary N) is 1. The molecule has 1 atom stereocenters. The van der Waals surface area contributed by atoms with E-state index < -0.39 is 9.84 Å². The van der Waals surface area contributed by atoms with Gasteiger partial charge in [-0.25, -0.2) is 13.4 Å². The van der Waals surface area contributed by atoms with Gasteiger partial charge in [-0.3, -0.25) is 4.68 Å². The highest BCUT2D eigenvalue weighted by atomic mass is 32.2. The summed E-state index contributed by atoms with van der Waals surface area (Å²) >= 11 is 0. The van der Waals surface area contributed by atoms with Gasteiger partial charge in [0, 0.05) is 24.6 Å². The Hall–Kier alpha value is -1.89. The monoisotopic (exact) mass is 294 g/mol. The molecule has 108 valence electrons. The van der Waals surface area contributed by atoms with Gasteiger partial charge in [0.1, 0.15) is 0 Å². The van der Waals surface area contributed by atoms with Gasteiger partial charge in [0.05, 0.1) is 24.1 Å². The second-order valence-electron chi connectivity index (χ2n) is 4.65. The number of hydrogen-bond donors (Lipinski definition) is 1. The Labute approximate surface area is 118 Å². The van der Waals surface area contributed by atoms with E-state index in [1.165, 1.54) is 12.3 Å². The van der Waals surface area contributed by atoms with Crippen molar-refractivity contribution < 1.29 is 8.42 Å². The number of sulfone groups is 1. The van der Waals surface area contributed by atoms with E-state index in [2.05, 4.69) is 15.4 Å². The van der Waals surface area contributed by atoms with Gasteiger partial charge < -0.3 is 5.32 Å². The molecule has 2 aromatic heterocycles. The molecule has 2 heterocycles. The minimum atomic E-state index is -3.25. The second-order valence-corrected chi connectivity index (χ2v) is 6.62. The van der Waals surface area contributed by atoms with Crippen LogP contribution in [0.25, 0.3) is 0 Å². The summed E-state index contributed by atoms with van der Waals surface area (Å²) in [4.78, 5) is 3.95. The zero-order chi connectivity index (χ0) is 14.8. The molecule has 0 aliphatic rings. The number of nitrogens with zero attached hydrogens (tertiary/aromatic N) is 3. The first-order valence-electron chi connectivity index (χ1n) is 6.35. The lowest BCUT2D eigenvalue weighted by Gasteiger charge is -2.13. The number of aromatic nitrogens is 3. The van der Waals surface area contributed by atoms with E-state index in [0.717, 1.165) is 24.1 Å². The average Bonchev–Trinajstić information content (AvgIpc) is 2.87. The highest BCUT2D eigenvalue weighted by Crippen LogP contribution is 2.19. The van der Waals surface area contributed by atoms with Crippen LogP contribution in [0.5, 0.6) is 0 Å². The second kappa shape index (κ2) is 5.62. The van der Waals surface area contributed by atoms with Crippen LogP contribution in [-0.2, 0) is 16.4 Å². The maximum Gasteiger partial charge on any atom is 0.192 e. The van der Waals surface area contributed by atoms with Crippen molar-refractivity contribution >= 4 is 15.5 Å². The van der Waals surface area contributed by atoms with Crippen molar-refractivity contribution in [2.24, 2.45) is 0 Å². The Morgan fingerprint density at radius 3 is 2.60 bits per heavy atom. The van der Waals surface area contributed by atoms with Crippen molar-refractivity contribution in [2.45, 2.75) is 31.5 Å². The number of hydrogen-bond acceptors (Lipinski definition) is 5. The lowest BCUT2D eigenvalue weighted by molar-refractivity contribution is 0.598. The summed E-state index contributed by atoms with van der Waals surface area (Å²) in [6.07, 6.45) is 6.47. The Morgan fingerprint density at radius 1 is 1.35 bits per heavy atom. The lowest BCUT2D eigenvalue weighted by atomic mass is 10.2. The first kappa shape index (κ1) is 14.5. The van der Waals surface area contributed by atoms with Gasteiger partial charge in [-0.2, -0.15) is 5.10 Å². The average molecular weight is 294 g/mol. The normalized spacial score (nSPS) is 13.2. The zero-order valence-electron chi connectivity index (χ0n) is 11.7. The van der Waals surface area contributed by atoms with Crippen LogP contribution in [0, 0.1) is 0 Å². The van der Waals surface area contributed by atoms with Gasteiger partial charge >= 0.3 is 0 Å². The molecule has 0 saturated heterocycles. The summed E-state index contributed by atoms with van der Waals surface area (Å²) in [5.74, 6) is 0. The van der Waals surface area contributed by atoms with E-state index in [-0.39, 0.29) is 11.1 Å². The van der Waals surface area contributed by atoms with E-state index in [1.54, 1.807) is 6.07 Å². The molecule has 6 nitrogen and oxygen atoms in total. The fourth-order valence-electron chi connectivity index (χ4n) is 1.79. The van der Waals surface area contributed by atoms with Crippen LogP contribution >= 0.6 is 0 Å². The molecule has 1 unspecified atom stereocenters. The van der Waals surface area contributed by atoms with E-state index in [9.17, 15) is 8.42 Å². The smallest absolute Gasteiger partial charge is 0.192 e. The third-order valence-electron chi connectivity index (χ3n) is 2.98. The third kappa shape index (κ3) is 3.36. The molecule has 1 N–H and O–H groups in total.